The molecule has 0 N–H and O–H groups in total. The van der Waals surface area contributed by atoms with Crippen molar-refractivity contribution < 1.29 is 0 Å². The molecule has 0 aliphatic rings. The molecular weight excluding hydrogens is 140 g/mol. The van der Waals surface area contributed by atoms with Crippen LogP contribution in [0.4, 0.5) is 0 Å². The first kappa shape index (κ1) is 6.15. The molecule has 4 nitrogen and oxygen atoms in total. The predicted molar refractivity (Wildman–Crippen MR) is 40.3 cm³/mol. The molecule has 2 heterocycles. The van der Waals surface area contributed by atoms with Gasteiger partial charge in [-0.05, 0) is 12.1 Å². The fraction of sp³-hybridized carbons (Fsp3) is 0.143. The average Bonchev–Trinajstić information content (AvgIpc) is 2.55. The van der Waals surface area contributed by atoms with Crippen molar-refractivity contribution in [3.63, 3.8) is 0 Å². The second kappa shape index (κ2) is 2.23. The number of hydrogen-bond acceptors (Lipinski definition) is 2. The van der Waals surface area contributed by atoms with Gasteiger partial charge in [0.2, 0.25) is 0 Å². The molecule has 2 aromatic rings. The average molecular weight is 148 g/mol. The van der Waals surface area contributed by atoms with Crippen LogP contribution >= 0.6 is 0 Å². The molecule has 0 fully saturated rings. The summed E-state index contributed by atoms with van der Waals surface area (Å²) in [4.78, 5) is 0. The highest BCUT2D eigenvalue weighted by molar-refractivity contribution is 5.21. The molecule has 0 aliphatic carbocycles. The molecule has 2 rings (SSSR count). The van der Waals surface area contributed by atoms with Gasteiger partial charge in [0, 0.05) is 13.2 Å². The summed E-state index contributed by atoms with van der Waals surface area (Å²) in [6.07, 6.45) is 5.44. The van der Waals surface area contributed by atoms with Gasteiger partial charge in [0.25, 0.3) is 0 Å². The monoisotopic (exact) mass is 148 g/mol. The van der Waals surface area contributed by atoms with Crippen LogP contribution in [0.15, 0.2) is 30.7 Å². The van der Waals surface area contributed by atoms with Crippen molar-refractivity contribution >= 4 is 0 Å². The lowest BCUT2D eigenvalue weighted by Crippen LogP contribution is -2.00. The maximum Gasteiger partial charge on any atom is 0.135 e. The minimum Gasteiger partial charge on any atom is -0.336 e. The van der Waals surface area contributed by atoms with Gasteiger partial charge in [-0.15, -0.1) is 5.10 Å². The van der Waals surface area contributed by atoms with Crippen molar-refractivity contribution in [1.29, 1.82) is 0 Å². The van der Waals surface area contributed by atoms with Crippen molar-refractivity contribution in [3.05, 3.63) is 30.7 Å². The lowest BCUT2D eigenvalue weighted by molar-refractivity contribution is 0.736. The largest absolute Gasteiger partial charge is 0.336 e. The fourth-order valence-electron chi connectivity index (χ4n) is 1.02. The van der Waals surface area contributed by atoms with Gasteiger partial charge in [0.05, 0.1) is 12.4 Å². The molecule has 0 aliphatic heterocycles. The van der Waals surface area contributed by atoms with Crippen molar-refractivity contribution in [2.45, 2.75) is 0 Å². The van der Waals surface area contributed by atoms with Crippen molar-refractivity contribution in [1.82, 2.24) is 19.6 Å². The van der Waals surface area contributed by atoms with E-state index in [1.165, 1.54) is 0 Å². The van der Waals surface area contributed by atoms with Gasteiger partial charge in [-0.3, -0.25) is 0 Å². The van der Waals surface area contributed by atoms with Crippen molar-refractivity contribution in [2.24, 2.45) is 7.05 Å². The zero-order valence-electron chi connectivity index (χ0n) is 6.18. The summed E-state index contributed by atoms with van der Waals surface area (Å²) < 4.78 is 3.70. The third-order valence-corrected chi connectivity index (χ3v) is 1.57. The van der Waals surface area contributed by atoms with E-state index < -0.39 is 0 Å². The maximum absolute atomic E-state index is 3.87. The normalized spacial score (nSPS) is 10.3. The minimum atomic E-state index is 1.02. The number of aromatic nitrogens is 4. The van der Waals surface area contributed by atoms with E-state index in [2.05, 4.69) is 10.3 Å². The van der Waals surface area contributed by atoms with E-state index >= 15 is 0 Å². The molecule has 0 radical (unpaired) electrons. The highest BCUT2D eigenvalue weighted by Crippen LogP contribution is 2.03. The molecule has 0 saturated heterocycles. The van der Waals surface area contributed by atoms with E-state index in [9.17, 15) is 0 Å². The molecular formula is C7H8N4. The summed E-state index contributed by atoms with van der Waals surface area (Å²) in [5.74, 6) is 1.02. The summed E-state index contributed by atoms with van der Waals surface area (Å²) in [6.45, 7) is 0. The van der Waals surface area contributed by atoms with Crippen LogP contribution in [0.2, 0.25) is 0 Å². The Kier molecular flexibility index (Phi) is 1.25. The van der Waals surface area contributed by atoms with Gasteiger partial charge in [0.15, 0.2) is 0 Å². The van der Waals surface area contributed by atoms with E-state index in [-0.39, 0.29) is 0 Å². The zero-order chi connectivity index (χ0) is 7.68. The highest BCUT2D eigenvalue weighted by atomic mass is 15.4. The minimum absolute atomic E-state index is 1.02. The lowest BCUT2D eigenvalue weighted by Gasteiger charge is -1.99. The number of hydrogen-bond donors (Lipinski definition) is 0. The predicted octanol–water partition coefficient (Wildman–Crippen LogP) is 0.606. The van der Waals surface area contributed by atoms with E-state index in [0.717, 1.165) is 5.82 Å². The quantitative estimate of drug-likeness (QED) is 0.593. The topological polar surface area (TPSA) is 35.6 Å². The van der Waals surface area contributed by atoms with E-state index in [1.807, 2.05) is 36.1 Å². The van der Waals surface area contributed by atoms with Crippen LogP contribution < -0.4 is 0 Å². The summed E-state index contributed by atoms with van der Waals surface area (Å²) >= 11 is 0. The van der Waals surface area contributed by atoms with Crippen LogP contribution in [-0.4, -0.2) is 19.6 Å². The smallest absolute Gasteiger partial charge is 0.135 e. The maximum atomic E-state index is 3.87. The van der Waals surface area contributed by atoms with E-state index in [1.54, 1.807) is 10.9 Å². The van der Waals surface area contributed by atoms with Gasteiger partial charge < -0.3 is 4.57 Å². The van der Waals surface area contributed by atoms with Crippen molar-refractivity contribution in [3.8, 4) is 5.82 Å². The third kappa shape index (κ3) is 0.920. The molecule has 0 spiro atoms. The van der Waals surface area contributed by atoms with Crippen LogP contribution in [0.3, 0.4) is 0 Å². The van der Waals surface area contributed by atoms with Crippen LogP contribution in [0.1, 0.15) is 0 Å². The standard InChI is InChI=1S/C7H8N4/c1-10-5-2-3-7(10)11-6-4-8-9-11/h2-6H,1H3. The second-order valence-corrected chi connectivity index (χ2v) is 2.32. The summed E-state index contributed by atoms with van der Waals surface area (Å²) in [5, 5.41) is 7.58. The van der Waals surface area contributed by atoms with Crippen LogP contribution in [0.5, 0.6) is 0 Å². The Morgan fingerprint density at radius 3 is 2.82 bits per heavy atom. The van der Waals surface area contributed by atoms with Crippen molar-refractivity contribution in [2.75, 3.05) is 0 Å². The second-order valence-electron chi connectivity index (χ2n) is 2.32. The molecule has 0 amide bonds. The number of aryl methyl sites for hydroxylation is 1. The van der Waals surface area contributed by atoms with Crippen LogP contribution in [0, 0.1) is 0 Å². The number of rotatable bonds is 1. The molecule has 4 heteroatoms. The summed E-state index contributed by atoms with van der Waals surface area (Å²) in [6, 6.07) is 3.95. The molecule has 0 aromatic carbocycles. The Morgan fingerprint density at radius 2 is 2.27 bits per heavy atom. The first-order valence-electron chi connectivity index (χ1n) is 3.36. The summed E-state index contributed by atoms with van der Waals surface area (Å²) in [7, 11) is 1.97. The SMILES string of the molecule is Cn1cccc1-n1ccnn1. The van der Waals surface area contributed by atoms with Crippen LogP contribution in [0.25, 0.3) is 5.82 Å². The molecule has 0 bridgehead atoms. The first-order valence-corrected chi connectivity index (χ1v) is 3.36. The van der Waals surface area contributed by atoms with Gasteiger partial charge in [0.1, 0.15) is 5.82 Å². The van der Waals surface area contributed by atoms with E-state index in [4.69, 9.17) is 0 Å². The Balaban J connectivity index is 2.53. The van der Waals surface area contributed by atoms with Gasteiger partial charge in [-0.25, -0.2) is 4.68 Å². The zero-order valence-corrected chi connectivity index (χ0v) is 6.18. The molecule has 0 unspecified atom stereocenters. The highest BCUT2D eigenvalue weighted by Gasteiger charge is 1.97. The van der Waals surface area contributed by atoms with E-state index in [0.29, 0.717) is 0 Å². The molecule has 0 atom stereocenters. The first-order chi connectivity index (χ1) is 5.38. The Hall–Kier alpha value is -1.58. The molecule has 0 saturated carbocycles. The van der Waals surface area contributed by atoms with Gasteiger partial charge in [-0.2, -0.15) is 0 Å². The Labute approximate surface area is 64.1 Å². The fourth-order valence-corrected chi connectivity index (χ4v) is 1.02. The summed E-state index contributed by atoms with van der Waals surface area (Å²) in [5.41, 5.74) is 0. The number of nitrogens with zero attached hydrogens (tertiary/aromatic N) is 4. The Bertz CT molecular complexity index is 333. The third-order valence-electron chi connectivity index (χ3n) is 1.57. The molecule has 2 aromatic heterocycles. The molecule has 56 valence electrons. The molecule has 11 heavy (non-hydrogen) atoms. The Morgan fingerprint density at radius 1 is 1.36 bits per heavy atom. The van der Waals surface area contributed by atoms with Gasteiger partial charge >= 0.3 is 0 Å². The van der Waals surface area contributed by atoms with Crippen LogP contribution in [-0.2, 0) is 7.05 Å². The van der Waals surface area contributed by atoms with Gasteiger partial charge in [-0.1, -0.05) is 5.21 Å². The lowest BCUT2D eigenvalue weighted by atomic mass is 10.6.